The molecule has 2 aromatic carbocycles. The molecule has 7 nitrogen and oxygen atoms in total. The third kappa shape index (κ3) is 4.59. The summed E-state index contributed by atoms with van der Waals surface area (Å²) in [6.45, 7) is -0.105. The molecular formula is C26H26F2N2O5. The van der Waals surface area contributed by atoms with Gasteiger partial charge in [-0.3, -0.25) is 14.5 Å². The SMILES string of the molecule is O=C(O)CCC(=O)N(C1CC1)C1c2cc(F)ccc2N(C(=O)OCc2cccc(F)c2)C2CCC21. The minimum atomic E-state index is -1.04. The van der Waals surface area contributed by atoms with Gasteiger partial charge in [-0.05, 0) is 61.6 Å². The van der Waals surface area contributed by atoms with Crippen molar-refractivity contribution < 1.29 is 33.0 Å². The van der Waals surface area contributed by atoms with Crippen LogP contribution >= 0.6 is 0 Å². The van der Waals surface area contributed by atoms with Gasteiger partial charge in [0.15, 0.2) is 0 Å². The smallest absolute Gasteiger partial charge is 0.414 e. The van der Waals surface area contributed by atoms with Crippen molar-refractivity contribution in [2.24, 2.45) is 5.92 Å². The van der Waals surface area contributed by atoms with Crippen LogP contribution in [0.2, 0.25) is 0 Å². The molecule has 2 aliphatic carbocycles. The standard InChI is InChI=1S/C26H26F2N2O5/c27-16-3-1-2-15(12-16)14-35-26(34)30-21-9-7-19(21)25(20-13-17(28)4-8-22(20)30)29(18-5-6-18)23(31)10-11-24(32)33/h1-4,8,12-13,18-19,21,25H,5-7,9-11,14H2,(H,32,33). The molecule has 3 aliphatic rings. The molecule has 9 heteroatoms. The Morgan fingerprint density at radius 2 is 1.77 bits per heavy atom. The molecule has 3 unspecified atom stereocenters. The van der Waals surface area contributed by atoms with Gasteiger partial charge in [-0.2, -0.15) is 0 Å². The number of amides is 2. The normalized spacial score (nSPS) is 22.5. The molecule has 3 atom stereocenters. The van der Waals surface area contributed by atoms with Crippen molar-refractivity contribution in [2.45, 2.75) is 63.3 Å². The number of halogens is 2. The molecule has 184 valence electrons. The van der Waals surface area contributed by atoms with E-state index in [0.717, 1.165) is 19.3 Å². The summed E-state index contributed by atoms with van der Waals surface area (Å²) < 4.78 is 33.4. The molecule has 1 heterocycles. The van der Waals surface area contributed by atoms with Crippen LogP contribution in [-0.4, -0.2) is 40.1 Å². The second kappa shape index (κ2) is 9.28. The molecule has 2 fully saturated rings. The first-order chi connectivity index (χ1) is 16.8. The van der Waals surface area contributed by atoms with Gasteiger partial charge in [-0.15, -0.1) is 0 Å². The van der Waals surface area contributed by atoms with E-state index in [1.807, 2.05) is 0 Å². The van der Waals surface area contributed by atoms with E-state index in [-0.39, 0.29) is 43.4 Å². The second-order valence-electron chi connectivity index (χ2n) is 9.44. The average molecular weight is 484 g/mol. The number of fused-ring (bicyclic) bond motifs is 2. The van der Waals surface area contributed by atoms with E-state index in [9.17, 15) is 23.2 Å². The highest BCUT2D eigenvalue weighted by Crippen LogP contribution is 2.54. The summed E-state index contributed by atoms with van der Waals surface area (Å²) in [5, 5.41) is 9.05. The first-order valence-electron chi connectivity index (χ1n) is 11.9. The van der Waals surface area contributed by atoms with Gasteiger partial charge < -0.3 is 14.7 Å². The van der Waals surface area contributed by atoms with Crippen molar-refractivity contribution in [1.29, 1.82) is 0 Å². The molecule has 0 radical (unpaired) electrons. The zero-order valence-corrected chi connectivity index (χ0v) is 19.0. The number of hydrogen-bond acceptors (Lipinski definition) is 4. The Morgan fingerprint density at radius 1 is 1.00 bits per heavy atom. The lowest BCUT2D eigenvalue weighted by Gasteiger charge is -2.54. The maximum Gasteiger partial charge on any atom is 0.414 e. The number of anilines is 1. The van der Waals surface area contributed by atoms with Gasteiger partial charge in [0.25, 0.3) is 0 Å². The highest BCUT2D eigenvalue weighted by Gasteiger charge is 2.53. The summed E-state index contributed by atoms with van der Waals surface area (Å²) in [6, 6.07) is 9.30. The molecule has 5 rings (SSSR count). The van der Waals surface area contributed by atoms with E-state index in [1.54, 1.807) is 11.0 Å². The summed E-state index contributed by atoms with van der Waals surface area (Å²) in [6.07, 6.45) is 2.09. The van der Waals surface area contributed by atoms with Crippen LogP contribution in [0.4, 0.5) is 19.3 Å². The number of carbonyl (C=O) groups excluding carboxylic acids is 2. The Kier molecular flexibility index (Phi) is 6.17. The first kappa shape index (κ1) is 23.3. The fourth-order valence-corrected chi connectivity index (χ4v) is 5.30. The summed E-state index contributed by atoms with van der Waals surface area (Å²) >= 11 is 0. The lowest BCUT2D eigenvalue weighted by Crippen LogP contribution is -2.59. The number of aliphatic carboxylic acids is 1. The van der Waals surface area contributed by atoms with Crippen LogP contribution in [0.3, 0.4) is 0 Å². The van der Waals surface area contributed by atoms with Gasteiger partial charge in [-0.1, -0.05) is 12.1 Å². The Morgan fingerprint density at radius 3 is 2.43 bits per heavy atom. The molecule has 1 aliphatic heterocycles. The van der Waals surface area contributed by atoms with Crippen molar-refractivity contribution in [3.63, 3.8) is 0 Å². The maximum atomic E-state index is 14.4. The van der Waals surface area contributed by atoms with Crippen LogP contribution in [0.1, 0.15) is 55.7 Å². The Hall–Kier alpha value is -3.49. The summed E-state index contributed by atoms with van der Waals surface area (Å²) in [5.41, 5.74) is 1.53. The highest BCUT2D eigenvalue weighted by atomic mass is 19.1. The summed E-state index contributed by atoms with van der Waals surface area (Å²) in [7, 11) is 0. The number of benzene rings is 2. The summed E-state index contributed by atoms with van der Waals surface area (Å²) in [4.78, 5) is 40.7. The number of ether oxygens (including phenoxy) is 1. The van der Waals surface area contributed by atoms with Crippen molar-refractivity contribution in [2.75, 3.05) is 4.90 Å². The lowest BCUT2D eigenvalue weighted by atomic mass is 9.68. The molecule has 2 aromatic rings. The number of carboxylic acid groups (broad SMARTS) is 1. The molecule has 1 N–H and O–H groups in total. The van der Waals surface area contributed by atoms with Gasteiger partial charge in [0.2, 0.25) is 5.91 Å². The van der Waals surface area contributed by atoms with Gasteiger partial charge in [0, 0.05) is 30.0 Å². The van der Waals surface area contributed by atoms with Crippen molar-refractivity contribution >= 4 is 23.7 Å². The van der Waals surface area contributed by atoms with Crippen LogP contribution in [-0.2, 0) is 20.9 Å². The quantitative estimate of drug-likeness (QED) is 0.610. The van der Waals surface area contributed by atoms with Crippen LogP contribution in [0.25, 0.3) is 0 Å². The monoisotopic (exact) mass is 484 g/mol. The number of hydrogen-bond donors (Lipinski definition) is 1. The van der Waals surface area contributed by atoms with Crippen LogP contribution in [0, 0.1) is 17.6 Å². The number of carboxylic acids is 1. The lowest BCUT2D eigenvalue weighted by molar-refractivity contribution is -0.143. The zero-order chi connectivity index (χ0) is 24.7. The van der Waals surface area contributed by atoms with Crippen LogP contribution < -0.4 is 4.90 Å². The predicted molar refractivity (Wildman–Crippen MR) is 121 cm³/mol. The molecule has 0 aromatic heterocycles. The third-order valence-corrected chi connectivity index (χ3v) is 7.12. The van der Waals surface area contributed by atoms with Gasteiger partial charge in [0.05, 0.1) is 18.2 Å². The largest absolute Gasteiger partial charge is 0.481 e. The number of carbonyl (C=O) groups is 3. The van der Waals surface area contributed by atoms with Gasteiger partial charge in [0.1, 0.15) is 18.2 Å². The molecule has 2 saturated carbocycles. The Labute approximate surface area is 201 Å². The summed E-state index contributed by atoms with van der Waals surface area (Å²) in [5.74, 6) is -2.32. The molecule has 0 spiro atoms. The predicted octanol–water partition coefficient (Wildman–Crippen LogP) is 4.80. The fraction of sp³-hybridized carbons (Fsp3) is 0.423. The van der Waals surface area contributed by atoms with Gasteiger partial charge >= 0.3 is 12.1 Å². The fourth-order valence-electron chi connectivity index (χ4n) is 5.30. The maximum absolute atomic E-state index is 14.4. The van der Waals surface area contributed by atoms with E-state index >= 15 is 0 Å². The Bertz CT molecular complexity index is 1170. The molecule has 0 bridgehead atoms. The zero-order valence-electron chi connectivity index (χ0n) is 19.0. The second-order valence-corrected chi connectivity index (χ2v) is 9.44. The van der Waals surface area contributed by atoms with E-state index in [4.69, 9.17) is 9.84 Å². The van der Waals surface area contributed by atoms with E-state index in [1.165, 1.54) is 41.3 Å². The van der Waals surface area contributed by atoms with Crippen molar-refractivity contribution in [1.82, 2.24) is 4.90 Å². The molecule has 35 heavy (non-hydrogen) atoms. The first-order valence-corrected chi connectivity index (χ1v) is 11.9. The minimum Gasteiger partial charge on any atom is -0.481 e. The molecular weight excluding hydrogens is 458 g/mol. The molecule has 2 amide bonds. The minimum absolute atomic E-state index is 0.00913. The highest BCUT2D eigenvalue weighted by molar-refractivity contribution is 5.91. The topological polar surface area (TPSA) is 87.2 Å². The molecule has 0 saturated heterocycles. The van der Waals surface area contributed by atoms with Crippen LogP contribution in [0.15, 0.2) is 42.5 Å². The van der Waals surface area contributed by atoms with E-state index < -0.39 is 29.7 Å². The van der Waals surface area contributed by atoms with Crippen LogP contribution in [0.5, 0.6) is 0 Å². The average Bonchev–Trinajstić information content (AvgIpc) is 3.63. The Balaban J connectivity index is 1.44. The van der Waals surface area contributed by atoms with E-state index in [2.05, 4.69) is 0 Å². The third-order valence-electron chi connectivity index (χ3n) is 7.12. The van der Waals surface area contributed by atoms with Crippen molar-refractivity contribution in [3.05, 3.63) is 65.2 Å². The number of nitrogens with zero attached hydrogens (tertiary/aromatic N) is 2. The van der Waals surface area contributed by atoms with Gasteiger partial charge in [-0.25, -0.2) is 13.6 Å². The van der Waals surface area contributed by atoms with Crippen molar-refractivity contribution in [3.8, 4) is 0 Å². The van der Waals surface area contributed by atoms with E-state index in [0.29, 0.717) is 23.2 Å². The number of rotatable bonds is 7.